The summed E-state index contributed by atoms with van der Waals surface area (Å²) in [6.45, 7) is 38.0. The molecule has 0 aromatic heterocycles. The van der Waals surface area contributed by atoms with Crippen molar-refractivity contribution in [2.45, 2.75) is 289 Å². The van der Waals surface area contributed by atoms with Crippen LogP contribution in [0.3, 0.4) is 0 Å². The first-order valence-corrected chi connectivity index (χ1v) is 27.8. The molecule has 5 aliphatic rings. The molecule has 5 saturated heterocycles. The SMILES string of the molecule is CN1C(C)(C)CC(OC(=O)c2c(F)c(C(=O)OC3CC(C)(C)N(O)C(C)(C)C3)c(C(=O)OC3CC(C)(C)N(C)C(C)(C)C3)c(C(=O)OC3CC(C)(C)N(O)C(C)(C)C3)c2C(=O)OC2CC(C)(C)N(C)C(C)(C)C2)CC1(C)C. The van der Waals surface area contributed by atoms with Crippen molar-refractivity contribution < 1.29 is 62.5 Å². The molecule has 0 radical (unpaired) electrons. The number of likely N-dealkylation sites (tertiary alicyclic amines) is 3. The molecule has 0 atom stereocenters. The van der Waals surface area contributed by atoms with Crippen LogP contribution < -0.4 is 0 Å². The highest BCUT2D eigenvalue weighted by atomic mass is 19.1. The first-order chi connectivity index (χ1) is 34.6. The summed E-state index contributed by atoms with van der Waals surface area (Å²) in [4.78, 5) is 84.5. The Kier molecular flexibility index (Phi) is 16.5. The molecule has 1 aromatic rings. The van der Waals surface area contributed by atoms with Crippen molar-refractivity contribution in [3.63, 3.8) is 0 Å². The summed E-state index contributed by atoms with van der Waals surface area (Å²) < 4.78 is 50.6. The van der Waals surface area contributed by atoms with Gasteiger partial charge < -0.3 is 34.1 Å². The summed E-state index contributed by atoms with van der Waals surface area (Å²) in [5, 5.41) is 24.9. The maximum absolute atomic E-state index is 18.9. The number of carbonyl (C=O) groups is 5. The quantitative estimate of drug-likeness (QED) is 0.166. The Labute approximate surface area is 459 Å². The molecule has 0 unspecified atom stereocenters. The van der Waals surface area contributed by atoms with Crippen LogP contribution in [0.5, 0.6) is 0 Å². The summed E-state index contributed by atoms with van der Waals surface area (Å²) in [7, 11) is 5.92. The zero-order chi connectivity index (χ0) is 58.7. The van der Waals surface area contributed by atoms with Crippen molar-refractivity contribution in [1.29, 1.82) is 0 Å². The summed E-state index contributed by atoms with van der Waals surface area (Å²) >= 11 is 0. The molecule has 18 heteroatoms. The molecule has 5 fully saturated rings. The van der Waals surface area contributed by atoms with Gasteiger partial charge in [-0.2, -0.15) is 10.1 Å². The van der Waals surface area contributed by atoms with Crippen LogP contribution in [0, 0.1) is 5.82 Å². The number of rotatable bonds is 10. The highest BCUT2D eigenvalue weighted by molar-refractivity contribution is 6.19. The molecule has 0 bridgehead atoms. The van der Waals surface area contributed by atoms with Gasteiger partial charge in [-0.25, -0.2) is 28.4 Å². The maximum atomic E-state index is 18.9. The lowest BCUT2D eigenvalue weighted by atomic mass is 9.78. The Morgan fingerprint density at radius 3 is 0.649 bits per heavy atom. The van der Waals surface area contributed by atoms with Gasteiger partial charge in [-0.3, -0.25) is 14.7 Å². The molecule has 77 heavy (non-hydrogen) atoms. The second kappa shape index (κ2) is 20.3. The molecule has 6 rings (SSSR count). The largest absolute Gasteiger partial charge is 0.459 e. The van der Waals surface area contributed by atoms with Crippen molar-refractivity contribution in [3.8, 4) is 0 Å². The van der Waals surface area contributed by atoms with E-state index in [1.54, 1.807) is 55.4 Å². The van der Waals surface area contributed by atoms with E-state index in [9.17, 15) is 10.4 Å². The second-order valence-electron chi connectivity index (χ2n) is 29.8. The lowest BCUT2D eigenvalue weighted by Crippen LogP contribution is -2.61. The molecular weight excluding hydrogens is 990 g/mol. The summed E-state index contributed by atoms with van der Waals surface area (Å²) in [6, 6.07) is 0. The van der Waals surface area contributed by atoms with E-state index in [2.05, 4.69) is 14.7 Å². The van der Waals surface area contributed by atoms with E-state index in [0.29, 0.717) is 38.5 Å². The van der Waals surface area contributed by atoms with Crippen LogP contribution in [0.4, 0.5) is 4.39 Å². The molecule has 0 spiro atoms. The van der Waals surface area contributed by atoms with Crippen LogP contribution in [0.15, 0.2) is 0 Å². The Hall–Kier alpha value is -3.78. The molecule has 2 N–H and O–H groups in total. The van der Waals surface area contributed by atoms with Gasteiger partial charge in [-0.1, -0.05) is 0 Å². The molecule has 5 aliphatic heterocycles. The van der Waals surface area contributed by atoms with E-state index in [4.69, 9.17) is 23.7 Å². The zero-order valence-electron chi connectivity index (χ0n) is 51.0. The number of esters is 5. The van der Waals surface area contributed by atoms with Crippen molar-refractivity contribution >= 4 is 29.8 Å². The van der Waals surface area contributed by atoms with E-state index in [-0.39, 0.29) is 25.7 Å². The number of piperidine rings is 5. The van der Waals surface area contributed by atoms with Gasteiger partial charge in [0.25, 0.3) is 0 Å². The fourth-order valence-electron chi connectivity index (χ4n) is 14.4. The number of hydrogen-bond acceptors (Lipinski definition) is 17. The average Bonchev–Trinajstić information content (AvgIpc) is 3.23. The monoisotopic (exact) mass is 1090 g/mol. The van der Waals surface area contributed by atoms with Crippen LogP contribution in [0.2, 0.25) is 0 Å². The van der Waals surface area contributed by atoms with Crippen LogP contribution in [0.25, 0.3) is 0 Å². The number of ether oxygens (including phenoxy) is 5. The van der Waals surface area contributed by atoms with Crippen molar-refractivity contribution in [2.24, 2.45) is 0 Å². The van der Waals surface area contributed by atoms with E-state index < -0.39 is 149 Å². The third-order valence-electron chi connectivity index (χ3n) is 18.8. The first kappa shape index (κ1) is 62.4. The van der Waals surface area contributed by atoms with Gasteiger partial charge in [-0.05, 0) is 160 Å². The van der Waals surface area contributed by atoms with Gasteiger partial charge in [0.1, 0.15) is 41.6 Å². The summed E-state index contributed by atoms with van der Waals surface area (Å²) in [5.74, 6) is -8.39. The van der Waals surface area contributed by atoms with Gasteiger partial charge in [-0.15, -0.1) is 0 Å². The van der Waals surface area contributed by atoms with Crippen molar-refractivity contribution in [2.75, 3.05) is 21.1 Å². The van der Waals surface area contributed by atoms with Crippen LogP contribution in [-0.2, 0) is 23.7 Å². The van der Waals surface area contributed by atoms with Crippen molar-refractivity contribution in [1.82, 2.24) is 24.8 Å². The third-order valence-corrected chi connectivity index (χ3v) is 18.8. The van der Waals surface area contributed by atoms with Gasteiger partial charge in [0, 0.05) is 120 Å². The topological polar surface area (TPSA) is 188 Å². The van der Waals surface area contributed by atoms with Gasteiger partial charge in [0.15, 0.2) is 5.82 Å². The number of hydrogen-bond donors (Lipinski definition) is 2. The Balaban J connectivity index is 1.68. The highest BCUT2D eigenvalue weighted by Crippen LogP contribution is 2.45. The molecule has 5 heterocycles. The Morgan fingerprint density at radius 1 is 0.325 bits per heavy atom. The third kappa shape index (κ3) is 12.3. The first-order valence-electron chi connectivity index (χ1n) is 27.8. The highest BCUT2D eigenvalue weighted by Gasteiger charge is 2.53. The minimum atomic E-state index is -1.64. The van der Waals surface area contributed by atoms with Gasteiger partial charge in [0.05, 0.1) is 16.7 Å². The fourth-order valence-corrected chi connectivity index (χ4v) is 14.4. The fraction of sp³-hybridized carbons (Fsp3) is 0.814. The average molecular weight is 1090 g/mol. The van der Waals surface area contributed by atoms with Crippen LogP contribution >= 0.6 is 0 Å². The lowest BCUT2D eigenvalue weighted by Gasteiger charge is -2.53. The summed E-state index contributed by atoms with van der Waals surface area (Å²) in [5.41, 5.74) is -12.1. The maximum Gasteiger partial charge on any atom is 0.342 e. The predicted octanol–water partition coefficient (Wildman–Crippen LogP) is 10.4. The van der Waals surface area contributed by atoms with Crippen LogP contribution in [0.1, 0.15) is 254 Å². The lowest BCUT2D eigenvalue weighted by molar-refractivity contribution is -0.256. The Bertz CT molecular complexity index is 2270. The standard InChI is InChI=1S/C59H96FN5O12/c1-50(2)24-34(25-51(3,4)61(50)21)73-46(67)40-39(45(66)75-37-30-56(13,14)64(71)57(15,16)31-37)41(47(68)74-35-26-52(5,6)62(22)53(7,8)27-35)43(49(70)77-38-32-58(17,18)65(72)59(19,20)33-38)44(60)42(40)48(69)76-36-28-54(9,10)63(23)55(11,12)29-36/h34-38,71-72H,24-33H2,1-23H3. The molecule has 436 valence electrons. The molecule has 0 amide bonds. The second-order valence-corrected chi connectivity index (χ2v) is 29.8. The van der Waals surface area contributed by atoms with E-state index in [1.807, 2.05) is 104 Å². The zero-order valence-corrected chi connectivity index (χ0v) is 51.0. The minimum Gasteiger partial charge on any atom is -0.459 e. The normalized spacial score (nSPS) is 26.8. The molecular formula is C59H96FN5O12. The van der Waals surface area contributed by atoms with E-state index in [0.717, 1.165) is 0 Å². The minimum absolute atomic E-state index is 0.0636. The molecule has 17 nitrogen and oxygen atoms in total. The number of hydroxylamine groups is 4. The molecule has 0 aliphatic carbocycles. The smallest absolute Gasteiger partial charge is 0.342 e. The van der Waals surface area contributed by atoms with E-state index in [1.165, 1.54) is 10.1 Å². The molecule has 1 aromatic carbocycles. The molecule has 0 saturated carbocycles. The van der Waals surface area contributed by atoms with Crippen molar-refractivity contribution in [3.05, 3.63) is 33.6 Å². The number of nitrogens with zero attached hydrogens (tertiary/aromatic N) is 5. The van der Waals surface area contributed by atoms with Crippen LogP contribution in [-0.4, -0.2) is 172 Å². The predicted molar refractivity (Wildman–Crippen MR) is 290 cm³/mol. The number of halogens is 1. The van der Waals surface area contributed by atoms with Gasteiger partial charge in [0.2, 0.25) is 0 Å². The Morgan fingerprint density at radius 2 is 0.468 bits per heavy atom. The van der Waals surface area contributed by atoms with E-state index >= 15 is 28.4 Å². The number of benzene rings is 1. The number of carbonyl (C=O) groups excluding carboxylic acids is 5. The summed E-state index contributed by atoms with van der Waals surface area (Å²) in [6.07, 6.45) is -2.50. The van der Waals surface area contributed by atoms with Gasteiger partial charge >= 0.3 is 29.8 Å².